The van der Waals surface area contributed by atoms with Crippen molar-refractivity contribution >= 4 is 17.3 Å². The number of hydrogen-bond donors (Lipinski definition) is 0. The van der Waals surface area contributed by atoms with Crippen LogP contribution >= 0.6 is 0 Å². The van der Waals surface area contributed by atoms with E-state index < -0.39 is 17.3 Å². The fourth-order valence-electron chi connectivity index (χ4n) is 1.74. The molecule has 4 heteroatoms. The van der Waals surface area contributed by atoms with E-state index in [1.165, 1.54) is 38.5 Å². The summed E-state index contributed by atoms with van der Waals surface area (Å²) in [6, 6.07) is 0. The molecule has 0 saturated carbocycles. The molecule has 0 spiro atoms. The van der Waals surface area contributed by atoms with E-state index in [0.717, 1.165) is 39.1 Å². The van der Waals surface area contributed by atoms with Crippen LogP contribution in [-0.2, 0) is 10.6 Å². The summed E-state index contributed by atoms with van der Waals surface area (Å²) in [6.07, 6.45) is 10.8. The van der Waals surface area contributed by atoms with Crippen molar-refractivity contribution in [3.05, 3.63) is 0 Å². The van der Waals surface area contributed by atoms with Crippen LogP contribution in [0.3, 0.4) is 0 Å². The van der Waals surface area contributed by atoms with Crippen molar-refractivity contribution in [1.29, 1.82) is 0 Å². The van der Waals surface area contributed by atoms with Gasteiger partial charge in [0.25, 0.3) is 0 Å². The van der Waals surface area contributed by atoms with Crippen LogP contribution in [0.25, 0.3) is 0 Å². The zero-order valence-corrected chi connectivity index (χ0v) is 15.7. The second kappa shape index (κ2) is 16.6. The molecule has 0 fully saturated rings. The van der Waals surface area contributed by atoms with Gasteiger partial charge in [0.05, 0.1) is 0 Å². The Labute approximate surface area is 126 Å². The fourth-order valence-corrected chi connectivity index (χ4v) is 4.61. The zero-order valence-electron chi connectivity index (χ0n) is 13.3. The van der Waals surface area contributed by atoms with E-state index in [0.29, 0.717) is 0 Å². The minimum atomic E-state index is -2.35. The third kappa shape index (κ3) is 14.7. The second-order valence-electron chi connectivity index (χ2n) is 5.02. The first kappa shape index (κ1) is 19.5. The quantitative estimate of drug-likeness (QED) is 0.324. The van der Waals surface area contributed by atoms with Gasteiger partial charge in [0, 0.05) is 0 Å². The molecule has 0 aromatic heterocycles. The molecule has 0 N–H and O–H groups in total. The predicted molar refractivity (Wildman–Crippen MR) is 82.2 cm³/mol. The van der Waals surface area contributed by atoms with E-state index in [1.807, 2.05) is 0 Å². The Morgan fingerprint density at radius 2 is 0.842 bits per heavy atom. The van der Waals surface area contributed by atoms with Gasteiger partial charge in [0.2, 0.25) is 0 Å². The number of unbranched alkanes of at least 4 members (excludes halogenated alkanes) is 6. The van der Waals surface area contributed by atoms with Crippen molar-refractivity contribution in [2.75, 3.05) is 19.8 Å². The first-order valence-electron chi connectivity index (χ1n) is 8.19. The topological polar surface area (TPSA) is 27.7 Å². The summed E-state index contributed by atoms with van der Waals surface area (Å²) in [7, 11) is 0. The van der Waals surface area contributed by atoms with Crippen molar-refractivity contribution < 1.29 is 10.6 Å². The number of rotatable bonds is 15. The Morgan fingerprint density at radius 3 is 1.11 bits per heavy atom. The summed E-state index contributed by atoms with van der Waals surface area (Å²) >= 11 is -2.35. The second-order valence-corrected chi connectivity index (χ2v) is 8.33. The molecule has 0 bridgehead atoms. The molecule has 3 nitrogen and oxygen atoms in total. The monoisotopic (exact) mass is 330 g/mol. The zero-order chi connectivity index (χ0) is 14.2. The predicted octanol–water partition coefficient (Wildman–Crippen LogP) is 4.59. The van der Waals surface area contributed by atoms with E-state index in [-0.39, 0.29) is 0 Å². The summed E-state index contributed by atoms with van der Waals surface area (Å²) in [5.74, 6) is 0. The molecule has 19 heavy (non-hydrogen) atoms. The SMILES string of the molecule is CCCCC[O][Ga]([O]CCCCC)[O]CCCCC. The van der Waals surface area contributed by atoms with E-state index >= 15 is 0 Å². The summed E-state index contributed by atoms with van der Waals surface area (Å²) < 4.78 is 17.5. The van der Waals surface area contributed by atoms with Gasteiger partial charge in [-0.3, -0.25) is 0 Å². The van der Waals surface area contributed by atoms with Crippen LogP contribution in [0.5, 0.6) is 0 Å². The number of hydrogen-bond acceptors (Lipinski definition) is 3. The van der Waals surface area contributed by atoms with Crippen molar-refractivity contribution in [3.8, 4) is 0 Å². The Bertz CT molecular complexity index is 139. The molecule has 0 atom stereocenters. The molecule has 0 rings (SSSR count). The van der Waals surface area contributed by atoms with Crippen LogP contribution in [0.1, 0.15) is 78.6 Å². The van der Waals surface area contributed by atoms with Gasteiger partial charge in [0.15, 0.2) is 0 Å². The van der Waals surface area contributed by atoms with Crippen LogP contribution in [0, 0.1) is 0 Å². The average Bonchev–Trinajstić information content (AvgIpc) is 2.43. The maximum absolute atomic E-state index is 5.85. The van der Waals surface area contributed by atoms with Gasteiger partial charge in [-0.1, -0.05) is 0 Å². The van der Waals surface area contributed by atoms with Crippen LogP contribution < -0.4 is 0 Å². The first-order chi connectivity index (χ1) is 9.35. The fraction of sp³-hybridized carbons (Fsp3) is 1.00. The minimum absolute atomic E-state index is 0.820. The molecule has 0 aliphatic heterocycles. The molecule has 0 aliphatic carbocycles. The van der Waals surface area contributed by atoms with Gasteiger partial charge < -0.3 is 0 Å². The van der Waals surface area contributed by atoms with Gasteiger partial charge in [-0.15, -0.1) is 0 Å². The summed E-state index contributed by atoms with van der Waals surface area (Å²) in [5.41, 5.74) is 0. The standard InChI is InChI=1S/3C5H11O.Ga/c3*1-2-3-4-5-6;/h3*2-5H2,1H3;/q3*-1;+3. The van der Waals surface area contributed by atoms with Gasteiger partial charge in [-0.25, -0.2) is 0 Å². The summed E-state index contributed by atoms with van der Waals surface area (Å²) in [6.45, 7) is 9.09. The van der Waals surface area contributed by atoms with Crippen LogP contribution in [0.15, 0.2) is 0 Å². The maximum atomic E-state index is 5.85. The molecule has 0 saturated heterocycles. The molecule has 0 aromatic rings. The van der Waals surface area contributed by atoms with Crippen LogP contribution in [-0.4, -0.2) is 37.1 Å². The molecular formula is C15H33GaO3. The van der Waals surface area contributed by atoms with Crippen molar-refractivity contribution in [2.24, 2.45) is 0 Å². The van der Waals surface area contributed by atoms with Gasteiger partial charge in [-0.2, -0.15) is 0 Å². The Balaban J connectivity index is 3.66. The normalized spacial score (nSPS) is 10.9. The molecule has 0 radical (unpaired) electrons. The Morgan fingerprint density at radius 1 is 0.526 bits per heavy atom. The van der Waals surface area contributed by atoms with Crippen molar-refractivity contribution in [2.45, 2.75) is 78.6 Å². The third-order valence-electron chi connectivity index (χ3n) is 3.01. The first-order valence-corrected chi connectivity index (χ1v) is 11.2. The molecule has 0 aromatic carbocycles. The van der Waals surface area contributed by atoms with E-state index in [9.17, 15) is 0 Å². The summed E-state index contributed by atoms with van der Waals surface area (Å²) in [4.78, 5) is 0. The molecule has 114 valence electrons. The van der Waals surface area contributed by atoms with Gasteiger partial charge in [-0.05, 0) is 0 Å². The Kier molecular flexibility index (Phi) is 17.0. The molecule has 0 heterocycles. The van der Waals surface area contributed by atoms with E-state index in [1.54, 1.807) is 0 Å². The van der Waals surface area contributed by atoms with Gasteiger partial charge >= 0.3 is 126 Å². The van der Waals surface area contributed by atoms with Crippen LogP contribution in [0.4, 0.5) is 0 Å². The molecule has 0 unspecified atom stereocenters. The van der Waals surface area contributed by atoms with Gasteiger partial charge in [0.1, 0.15) is 0 Å². The van der Waals surface area contributed by atoms with Crippen LogP contribution in [0.2, 0.25) is 0 Å². The van der Waals surface area contributed by atoms with Crippen molar-refractivity contribution in [1.82, 2.24) is 0 Å². The molecular weight excluding hydrogens is 298 g/mol. The third-order valence-corrected chi connectivity index (χ3v) is 6.20. The van der Waals surface area contributed by atoms with E-state index in [2.05, 4.69) is 20.8 Å². The Hall–Kier alpha value is 0.516. The van der Waals surface area contributed by atoms with Crippen molar-refractivity contribution in [3.63, 3.8) is 0 Å². The average molecular weight is 331 g/mol. The summed E-state index contributed by atoms with van der Waals surface area (Å²) in [5, 5.41) is 0. The molecule has 0 aliphatic rings. The van der Waals surface area contributed by atoms with E-state index in [4.69, 9.17) is 10.6 Å². The molecule has 0 amide bonds.